The Hall–Kier alpha value is -3.65. The molecule has 31 heavy (non-hydrogen) atoms. The molecular formula is C23H18N2O5S. The Kier molecular flexibility index (Phi) is 4.00. The predicted octanol–water partition coefficient (Wildman–Crippen LogP) is 4.49. The molecule has 1 aromatic heterocycles. The van der Waals surface area contributed by atoms with Crippen molar-refractivity contribution in [1.82, 2.24) is 0 Å². The summed E-state index contributed by atoms with van der Waals surface area (Å²) >= 11 is 0. The minimum atomic E-state index is -3.97. The molecule has 0 aliphatic carbocycles. The third-order valence-electron chi connectivity index (χ3n) is 5.63. The molecule has 8 heteroatoms. The molecule has 1 amide bonds. The van der Waals surface area contributed by atoms with Crippen LogP contribution < -0.4 is 9.62 Å². The molecule has 0 saturated heterocycles. The van der Waals surface area contributed by atoms with Gasteiger partial charge >= 0.3 is 0 Å². The average Bonchev–Trinajstić information content (AvgIpc) is 3.17. The van der Waals surface area contributed by atoms with E-state index in [-0.39, 0.29) is 16.6 Å². The molecule has 0 spiro atoms. The van der Waals surface area contributed by atoms with E-state index in [4.69, 9.17) is 4.42 Å². The fraction of sp³-hybridized carbons (Fsp3) is 0.130. The van der Waals surface area contributed by atoms with Crippen molar-refractivity contribution >= 4 is 54.8 Å². The second-order valence-corrected chi connectivity index (χ2v) is 9.23. The van der Waals surface area contributed by atoms with Crippen LogP contribution >= 0.6 is 0 Å². The summed E-state index contributed by atoms with van der Waals surface area (Å²) in [6.07, 6.45) is 0. The maximum atomic E-state index is 13.3. The molecule has 0 bridgehead atoms. The number of carbonyl (C=O) groups is 2. The van der Waals surface area contributed by atoms with E-state index in [1.165, 1.54) is 17.9 Å². The molecule has 7 nitrogen and oxygen atoms in total. The SMILES string of the molecule is CC(=O)c1c(C)oc2ccc(NS(=O)(=O)c3ccc4c5c(cccc35)C(=O)N4C)cc12. The highest BCUT2D eigenvalue weighted by Crippen LogP contribution is 2.39. The van der Waals surface area contributed by atoms with Crippen LogP contribution in [0.2, 0.25) is 0 Å². The molecule has 3 aromatic carbocycles. The molecular weight excluding hydrogens is 416 g/mol. The first-order chi connectivity index (χ1) is 14.7. The number of sulfonamides is 1. The van der Waals surface area contributed by atoms with Crippen LogP contribution in [0.5, 0.6) is 0 Å². The van der Waals surface area contributed by atoms with Crippen molar-refractivity contribution < 1.29 is 22.4 Å². The van der Waals surface area contributed by atoms with Crippen LogP contribution in [0.1, 0.15) is 33.4 Å². The zero-order valence-electron chi connectivity index (χ0n) is 17.0. The van der Waals surface area contributed by atoms with Crippen LogP contribution in [-0.4, -0.2) is 27.2 Å². The van der Waals surface area contributed by atoms with E-state index in [1.54, 1.807) is 56.4 Å². The fourth-order valence-corrected chi connectivity index (χ4v) is 5.53. The van der Waals surface area contributed by atoms with Crippen LogP contribution in [0.15, 0.2) is 57.8 Å². The van der Waals surface area contributed by atoms with Gasteiger partial charge in [-0.15, -0.1) is 0 Å². The van der Waals surface area contributed by atoms with Crippen LogP contribution in [-0.2, 0) is 10.0 Å². The molecule has 0 unspecified atom stereocenters. The van der Waals surface area contributed by atoms with Crippen molar-refractivity contribution in [2.45, 2.75) is 18.7 Å². The van der Waals surface area contributed by atoms with Gasteiger partial charge in [0.25, 0.3) is 15.9 Å². The molecule has 0 fully saturated rings. The summed E-state index contributed by atoms with van der Waals surface area (Å²) in [4.78, 5) is 26.1. The van der Waals surface area contributed by atoms with E-state index < -0.39 is 10.0 Å². The summed E-state index contributed by atoms with van der Waals surface area (Å²) in [6.45, 7) is 3.14. The lowest BCUT2D eigenvalue weighted by atomic mass is 10.1. The van der Waals surface area contributed by atoms with Crippen molar-refractivity contribution in [1.29, 1.82) is 0 Å². The number of hydrogen-bond acceptors (Lipinski definition) is 5. The van der Waals surface area contributed by atoms with E-state index in [0.29, 0.717) is 50.0 Å². The largest absolute Gasteiger partial charge is 0.461 e. The Morgan fingerprint density at radius 1 is 1.06 bits per heavy atom. The molecule has 1 N–H and O–H groups in total. The van der Waals surface area contributed by atoms with Crippen molar-refractivity contribution in [2.75, 3.05) is 16.7 Å². The van der Waals surface area contributed by atoms with Crippen LogP contribution in [0.4, 0.5) is 11.4 Å². The number of ketones is 1. The first-order valence-electron chi connectivity index (χ1n) is 9.60. The summed E-state index contributed by atoms with van der Waals surface area (Å²) in [5, 5.41) is 1.65. The third-order valence-corrected chi connectivity index (χ3v) is 7.07. The molecule has 1 aliphatic rings. The molecule has 0 atom stereocenters. The van der Waals surface area contributed by atoms with E-state index in [0.717, 1.165) is 0 Å². The average molecular weight is 434 g/mol. The van der Waals surface area contributed by atoms with E-state index in [9.17, 15) is 18.0 Å². The Labute approximate surface area is 178 Å². The van der Waals surface area contributed by atoms with Gasteiger partial charge in [0.15, 0.2) is 5.78 Å². The van der Waals surface area contributed by atoms with Gasteiger partial charge in [-0.1, -0.05) is 12.1 Å². The molecule has 1 aliphatic heterocycles. The third kappa shape index (κ3) is 2.75. The number of nitrogens with one attached hydrogen (secondary N) is 1. The Morgan fingerprint density at radius 2 is 1.84 bits per heavy atom. The van der Waals surface area contributed by atoms with E-state index in [1.807, 2.05) is 0 Å². The number of carbonyl (C=O) groups excluding carboxylic acids is 2. The molecule has 5 rings (SSSR count). The number of fused-ring (bicyclic) bond motifs is 1. The second-order valence-electron chi connectivity index (χ2n) is 7.58. The minimum Gasteiger partial charge on any atom is -0.461 e. The standard InChI is InChI=1S/C23H18N2O5S/c1-12(26)21-13(2)30-19-9-7-14(11-17(19)21)24-31(28,29)20-10-8-18-22-15(20)5-4-6-16(22)23(27)25(18)3/h4-11,24H,1-3H3. The summed E-state index contributed by atoms with van der Waals surface area (Å²) in [7, 11) is -2.31. The maximum Gasteiger partial charge on any atom is 0.262 e. The second kappa shape index (κ2) is 6.42. The monoisotopic (exact) mass is 434 g/mol. The Bertz CT molecular complexity index is 1550. The molecule has 156 valence electrons. The first-order valence-corrected chi connectivity index (χ1v) is 11.1. The molecule has 2 heterocycles. The number of anilines is 2. The molecule has 4 aromatic rings. The van der Waals surface area contributed by atoms with E-state index >= 15 is 0 Å². The number of nitrogens with zero attached hydrogens (tertiary/aromatic N) is 1. The minimum absolute atomic E-state index is 0.0754. The normalized spacial score (nSPS) is 13.4. The quantitative estimate of drug-likeness (QED) is 0.478. The van der Waals surface area contributed by atoms with Crippen LogP contribution in [0.25, 0.3) is 21.7 Å². The number of amides is 1. The zero-order valence-corrected chi connectivity index (χ0v) is 17.8. The lowest BCUT2D eigenvalue weighted by Crippen LogP contribution is -2.20. The van der Waals surface area contributed by atoms with Gasteiger partial charge in [-0.05, 0) is 50.2 Å². The number of furan rings is 1. The van der Waals surface area contributed by atoms with Gasteiger partial charge in [0, 0.05) is 34.5 Å². The lowest BCUT2D eigenvalue weighted by molar-refractivity contribution is 0.0995. The predicted molar refractivity (Wildman–Crippen MR) is 118 cm³/mol. The smallest absolute Gasteiger partial charge is 0.262 e. The number of benzene rings is 3. The van der Waals surface area contributed by atoms with Gasteiger partial charge in [0.2, 0.25) is 0 Å². The lowest BCUT2D eigenvalue weighted by Gasteiger charge is -2.13. The van der Waals surface area contributed by atoms with Crippen molar-refractivity contribution in [3.8, 4) is 0 Å². The van der Waals surface area contributed by atoms with Crippen molar-refractivity contribution in [2.24, 2.45) is 0 Å². The maximum absolute atomic E-state index is 13.3. The highest BCUT2D eigenvalue weighted by atomic mass is 32.2. The van der Waals surface area contributed by atoms with E-state index in [2.05, 4.69) is 4.72 Å². The summed E-state index contributed by atoms with van der Waals surface area (Å²) < 4.78 is 34.8. The summed E-state index contributed by atoms with van der Waals surface area (Å²) in [6, 6.07) is 13.0. The Balaban J connectivity index is 1.63. The fourth-order valence-electron chi connectivity index (χ4n) is 4.27. The Morgan fingerprint density at radius 3 is 2.58 bits per heavy atom. The van der Waals surface area contributed by atoms with Crippen molar-refractivity contribution in [3.05, 3.63) is 65.4 Å². The van der Waals surface area contributed by atoms with Gasteiger partial charge in [-0.3, -0.25) is 14.3 Å². The van der Waals surface area contributed by atoms with Crippen molar-refractivity contribution in [3.63, 3.8) is 0 Å². The number of rotatable bonds is 4. The number of hydrogen-bond donors (Lipinski definition) is 1. The number of aryl methyl sites for hydroxylation is 1. The van der Waals surface area contributed by atoms with Crippen LogP contribution in [0, 0.1) is 6.92 Å². The van der Waals surface area contributed by atoms with Gasteiger partial charge in [0.1, 0.15) is 11.3 Å². The topological polar surface area (TPSA) is 96.7 Å². The zero-order chi connectivity index (χ0) is 22.1. The van der Waals surface area contributed by atoms with Crippen LogP contribution in [0.3, 0.4) is 0 Å². The van der Waals surface area contributed by atoms with Gasteiger partial charge in [-0.25, -0.2) is 8.42 Å². The van der Waals surface area contributed by atoms with Gasteiger partial charge < -0.3 is 9.32 Å². The molecule has 0 saturated carbocycles. The summed E-state index contributed by atoms with van der Waals surface area (Å²) in [5.74, 6) is 0.169. The number of Topliss-reactive ketones (excluding diaryl/α,β-unsaturated/α-hetero) is 1. The highest BCUT2D eigenvalue weighted by molar-refractivity contribution is 7.93. The first kappa shape index (κ1) is 19.3. The van der Waals surface area contributed by atoms with Gasteiger partial charge in [-0.2, -0.15) is 0 Å². The molecule has 0 radical (unpaired) electrons. The highest BCUT2D eigenvalue weighted by Gasteiger charge is 2.30. The summed E-state index contributed by atoms with van der Waals surface area (Å²) in [5.41, 5.74) is 2.41. The van der Waals surface area contributed by atoms with Gasteiger partial charge in [0.05, 0.1) is 16.1 Å².